The zero-order valence-corrected chi connectivity index (χ0v) is 6.86. The first-order chi connectivity index (χ1) is 5.74. The lowest BCUT2D eigenvalue weighted by molar-refractivity contribution is -0.139. The second-order valence-corrected chi connectivity index (χ2v) is 2.93. The van der Waals surface area contributed by atoms with Gasteiger partial charge in [0.2, 0.25) is 0 Å². The van der Waals surface area contributed by atoms with E-state index in [9.17, 15) is 4.79 Å². The second-order valence-electron chi connectivity index (χ2n) is 2.93. The third kappa shape index (κ3) is 2.32. The van der Waals surface area contributed by atoms with Crippen molar-refractivity contribution < 1.29 is 9.90 Å². The Morgan fingerprint density at radius 2 is 2.25 bits per heavy atom. The average Bonchev–Trinajstić information content (AvgIpc) is 2.51. The molecule has 0 bridgehead atoms. The highest BCUT2D eigenvalue weighted by atomic mass is 16.4. The summed E-state index contributed by atoms with van der Waals surface area (Å²) >= 11 is 0. The Balaban J connectivity index is 2.32. The van der Waals surface area contributed by atoms with E-state index < -0.39 is 12.0 Å². The van der Waals surface area contributed by atoms with E-state index in [1.165, 1.54) is 0 Å². The summed E-state index contributed by atoms with van der Waals surface area (Å²) in [6.45, 7) is 0.145. The van der Waals surface area contributed by atoms with Gasteiger partial charge in [0.25, 0.3) is 0 Å². The van der Waals surface area contributed by atoms with Gasteiger partial charge in [-0.15, -0.1) is 0 Å². The van der Waals surface area contributed by atoms with Crippen molar-refractivity contribution in [1.29, 1.82) is 0 Å². The zero-order valence-electron chi connectivity index (χ0n) is 6.86. The summed E-state index contributed by atoms with van der Waals surface area (Å²) in [5.41, 5.74) is 5.29. The summed E-state index contributed by atoms with van der Waals surface area (Å²) in [6.07, 6.45) is 5.91. The molecule has 0 radical (unpaired) electrons. The minimum Gasteiger partial charge on any atom is -0.480 e. The van der Waals surface area contributed by atoms with Crippen molar-refractivity contribution in [3.05, 3.63) is 12.2 Å². The predicted molar refractivity (Wildman–Crippen MR) is 45.8 cm³/mol. The first kappa shape index (κ1) is 9.22. The van der Waals surface area contributed by atoms with Gasteiger partial charge in [-0.2, -0.15) is 0 Å². The molecule has 1 unspecified atom stereocenters. The molecule has 1 aliphatic carbocycles. The Hall–Kier alpha value is -0.870. The van der Waals surface area contributed by atoms with Crippen molar-refractivity contribution in [2.24, 2.45) is 5.73 Å². The van der Waals surface area contributed by atoms with Crippen molar-refractivity contribution in [3.63, 3.8) is 0 Å². The van der Waals surface area contributed by atoms with Gasteiger partial charge >= 0.3 is 5.97 Å². The number of carbonyl (C=O) groups is 1. The standard InChI is InChI=1S/C8H14N2O2/c9-5-7(8(11)12)10-6-3-1-2-4-6/h1-2,6-7,10H,3-5,9H2,(H,11,12). The van der Waals surface area contributed by atoms with Crippen LogP contribution in [-0.2, 0) is 4.79 Å². The van der Waals surface area contributed by atoms with Crippen LogP contribution < -0.4 is 11.1 Å². The van der Waals surface area contributed by atoms with Crippen LogP contribution in [0, 0.1) is 0 Å². The van der Waals surface area contributed by atoms with Crippen molar-refractivity contribution in [1.82, 2.24) is 5.32 Å². The summed E-state index contributed by atoms with van der Waals surface area (Å²) in [7, 11) is 0. The summed E-state index contributed by atoms with van der Waals surface area (Å²) in [5.74, 6) is -0.871. The number of hydrogen-bond donors (Lipinski definition) is 3. The summed E-state index contributed by atoms with van der Waals surface area (Å²) in [5, 5.41) is 11.6. The first-order valence-electron chi connectivity index (χ1n) is 4.08. The van der Waals surface area contributed by atoms with Crippen LogP contribution in [0.1, 0.15) is 12.8 Å². The van der Waals surface area contributed by atoms with Gasteiger partial charge in [0, 0.05) is 12.6 Å². The quantitative estimate of drug-likeness (QED) is 0.507. The molecule has 0 aromatic rings. The van der Waals surface area contributed by atoms with E-state index in [0.717, 1.165) is 12.8 Å². The average molecular weight is 170 g/mol. The van der Waals surface area contributed by atoms with Gasteiger partial charge in [-0.1, -0.05) is 12.2 Å². The Labute approximate surface area is 71.4 Å². The summed E-state index contributed by atoms with van der Waals surface area (Å²) < 4.78 is 0. The third-order valence-electron chi connectivity index (χ3n) is 1.98. The highest BCUT2D eigenvalue weighted by Crippen LogP contribution is 2.09. The van der Waals surface area contributed by atoms with Crippen LogP contribution in [0.4, 0.5) is 0 Å². The SMILES string of the molecule is NCC(NC1CC=CC1)C(=O)O. The highest BCUT2D eigenvalue weighted by molar-refractivity contribution is 5.73. The van der Waals surface area contributed by atoms with Crippen LogP contribution >= 0.6 is 0 Å². The Morgan fingerprint density at radius 3 is 2.67 bits per heavy atom. The maximum Gasteiger partial charge on any atom is 0.322 e. The van der Waals surface area contributed by atoms with Crippen LogP contribution in [-0.4, -0.2) is 29.7 Å². The number of nitrogens with two attached hydrogens (primary N) is 1. The molecule has 0 amide bonds. The highest BCUT2D eigenvalue weighted by Gasteiger charge is 2.19. The molecule has 68 valence electrons. The molecule has 0 heterocycles. The molecule has 0 fully saturated rings. The second kappa shape index (κ2) is 4.23. The Morgan fingerprint density at radius 1 is 1.67 bits per heavy atom. The third-order valence-corrected chi connectivity index (χ3v) is 1.98. The van der Waals surface area contributed by atoms with E-state index in [1.807, 2.05) is 12.2 Å². The number of rotatable bonds is 4. The maximum atomic E-state index is 10.6. The largest absolute Gasteiger partial charge is 0.480 e. The molecule has 0 spiro atoms. The fourth-order valence-electron chi connectivity index (χ4n) is 1.28. The van der Waals surface area contributed by atoms with Crippen LogP contribution in [0.2, 0.25) is 0 Å². The van der Waals surface area contributed by atoms with Crippen LogP contribution in [0.3, 0.4) is 0 Å². The number of nitrogens with one attached hydrogen (secondary N) is 1. The van der Waals surface area contributed by atoms with Crippen molar-refractivity contribution in [3.8, 4) is 0 Å². The molecular formula is C8H14N2O2. The van der Waals surface area contributed by atoms with Gasteiger partial charge in [-0.3, -0.25) is 10.1 Å². The minimum absolute atomic E-state index is 0.145. The Bertz CT molecular complexity index is 183. The fourth-order valence-corrected chi connectivity index (χ4v) is 1.28. The first-order valence-corrected chi connectivity index (χ1v) is 4.08. The lowest BCUT2D eigenvalue weighted by atomic mass is 10.2. The van der Waals surface area contributed by atoms with Crippen LogP contribution in [0.25, 0.3) is 0 Å². The van der Waals surface area contributed by atoms with E-state index in [-0.39, 0.29) is 12.6 Å². The number of aliphatic carboxylic acids is 1. The van der Waals surface area contributed by atoms with Crippen LogP contribution in [0.5, 0.6) is 0 Å². The molecule has 4 N–H and O–H groups in total. The van der Waals surface area contributed by atoms with E-state index in [4.69, 9.17) is 10.8 Å². The molecule has 1 aliphatic rings. The van der Waals surface area contributed by atoms with Crippen molar-refractivity contribution in [2.45, 2.75) is 24.9 Å². The topological polar surface area (TPSA) is 75.3 Å². The molecule has 0 aromatic carbocycles. The van der Waals surface area contributed by atoms with Gasteiger partial charge in [0.05, 0.1) is 0 Å². The summed E-state index contributed by atoms with van der Waals surface area (Å²) in [4.78, 5) is 10.6. The molecule has 1 atom stereocenters. The molecule has 12 heavy (non-hydrogen) atoms. The molecule has 0 aromatic heterocycles. The molecule has 4 heteroatoms. The number of hydrogen-bond acceptors (Lipinski definition) is 3. The van der Waals surface area contributed by atoms with Gasteiger partial charge in [-0.25, -0.2) is 0 Å². The Kier molecular flexibility index (Phi) is 3.25. The number of carboxylic acids is 1. The smallest absolute Gasteiger partial charge is 0.322 e. The minimum atomic E-state index is -0.871. The van der Waals surface area contributed by atoms with Crippen molar-refractivity contribution in [2.75, 3.05) is 6.54 Å². The summed E-state index contributed by atoms with van der Waals surface area (Å²) in [6, 6.07) is -0.343. The van der Waals surface area contributed by atoms with Gasteiger partial charge < -0.3 is 10.8 Å². The number of carboxylic acid groups (broad SMARTS) is 1. The lowest BCUT2D eigenvalue weighted by Crippen LogP contribution is -2.46. The molecule has 0 saturated carbocycles. The van der Waals surface area contributed by atoms with E-state index in [2.05, 4.69) is 5.32 Å². The van der Waals surface area contributed by atoms with E-state index >= 15 is 0 Å². The van der Waals surface area contributed by atoms with Crippen LogP contribution in [0.15, 0.2) is 12.2 Å². The lowest BCUT2D eigenvalue weighted by Gasteiger charge is -2.17. The van der Waals surface area contributed by atoms with E-state index in [0.29, 0.717) is 0 Å². The van der Waals surface area contributed by atoms with Gasteiger partial charge in [0.15, 0.2) is 0 Å². The maximum absolute atomic E-state index is 10.6. The molecule has 1 rings (SSSR count). The van der Waals surface area contributed by atoms with E-state index in [1.54, 1.807) is 0 Å². The fraction of sp³-hybridized carbons (Fsp3) is 0.625. The molecular weight excluding hydrogens is 156 g/mol. The molecule has 4 nitrogen and oxygen atoms in total. The molecule has 0 aliphatic heterocycles. The van der Waals surface area contributed by atoms with Gasteiger partial charge in [-0.05, 0) is 12.8 Å². The zero-order chi connectivity index (χ0) is 8.97. The predicted octanol–water partition coefficient (Wildman–Crippen LogP) is -0.293. The van der Waals surface area contributed by atoms with Crippen molar-refractivity contribution >= 4 is 5.97 Å². The van der Waals surface area contributed by atoms with Gasteiger partial charge in [0.1, 0.15) is 6.04 Å². The molecule has 0 saturated heterocycles. The normalized spacial score (nSPS) is 19.8. The monoisotopic (exact) mass is 170 g/mol.